The van der Waals surface area contributed by atoms with Crippen LogP contribution in [0.4, 0.5) is 14.5 Å². The van der Waals surface area contributed by atoms with Crippen molar-refractivity contribution < 1.29 is 18.3 Å². The van der Waals surface area contributed by atoms with Gasteiger partial charge in [-0.15, -0.1) is 0 Å². The largest absolute Gasteiger partial charge is 0.494 e. The molecule has 2 aromatic carbocycles. The molecule has 1 N–H and O–H groups in total. The number of carbonyl (C=O) groups excluding carboxylic acids is 1. The van der Waals surface area contributed by atoms with Gasteiger partial charge in [0.2, 0.25) is 0 Å². The molecule has 122 valence electrons. The Kier molecular flexibility index (Phi) is 4.12. The number of halogens is 2. The predicted octanol–water partition coefficient (Wildman–Crippen LogP) is 4.08. The molecule has 0 bridgehead atoms. The lowest BCUT2D eigenvalue weighted by atomic mass is 10.1. The number of aromatic nitrogens is 1. The molecule has 1 amide bonds. The minimum atomic E-state index is -0.467. The van der Waals surface area contributed by atoms with Crippen LogP contribution in [0.5, 0.6) is 5.75 Å². The average molecular weight is 328 g/mol. The van der Waals surface area contributed by atoms with Crippen LogP contribution >= 0.6 is 0 Å². The summed E-state index contributed by atoms with van der Waals surface area (Å²) < 4.78 is 31.7. The van der Waals surface area contributed by atoms with Gasteiger partial charge in [-0.3, -0.25) is 9.78 Å². The summed E-state index contributed by atoms with van der Waals surface area (Å²) in [5, 5.41) is 3.22. The minimum Gasteiger partial charge on any atom is -0.494 e. The highest BCUT2D eigenvalue weighted by molar-refractivity contribution is 6.12. The van der Waals surface area contributed by atoms with Gasteiger partial charge < -0.3 is 10.1 Å². The lowest BCUT2D eigenvalue weighted by molar-refractivity contribution is 0.102. The molecule has 0 atom stereocenters. The summed E-state index contributed by atoms with van der Waals surface area (Å²) >= 11 is 0. The first-order chi connectivity index (χ1) is 11.5. The number of rotatable bonds is 3. The van der Waals surface area contributed by atoms with Gasteiger partial charge >= 0.3 is 0 Å². The quantitative estimate of drug-likeness (QED) is 0.788. The maximum absolute atomic E-state index is 13.4. The van der Waals surface area contributed by atoms with Crippen LogP contribution in [0.3, 0.4) is 0 Å². The third-order valence-corrected chi connectivity index (χ3v) is 3.56. The number of aryl methyl sites for hydroxylation is 1. The lowest BCUT2D eigenvalue weighted by Gasteiger charge is -2.12. The van der Waals surface area contributed by atoms with E-state index in [0.717, 1.165) is 0 Å². The first kappa shape index (κ1) is 15.9. The van der Waals surface area contributed by atoms with Gasteiger partial charge in [0.15, 0.2) is 0 Å². The highest BCUT2D eigenvalue weighted by atomic mass is 19.1. The minimum absolute atomic E-state index is 0.212. The highest BCUT2D eigenvalue weighted by Crippen LogP contribution is 2.27. The molecule has 0 saturated heterocycles. The topological polar surface area (TPSA) is 51.2 Å². The van der Waals surface area contributed by atoms with Crippen LogP contribution in [-0.2, 0) is 0 Å². The monoisotopic (exact) mass is 328 g/mol. The summed E-state index contributed by atoms with van der Waals surface area (Å²) in [6, 6.07) is 9.50. The van der Waals surface area contributed by atoms with E-state index in [1.165, 1.54) is 43.5 Å². The second-order valence-electron chi connectivity index (χ2n) is 5.27. The van der Waals surface area contributed by atoms with E-state index in [-0.39, 0.29) is 5.75 Å². The maximum atomic E-state index is 13.4. The summed E-state index contributed by atoms with van der Waals surface area (Å²) in [6.07, 6.45) is 0. The number of amides is 1. The normalized spacial score (nSPS) is 10.7. The second-order valence-corrected chi connectivity index (χ2v) is 5.27. The molecule has 1 aromatic heterocycles. The summed E-state index contributed by atoms with van der Waals surface area (Å²) in [5.74, 6) is -1.09. The number of benzene rings is 2. The van der Waals surface area contributed by atoms with Gasteiger partial charge in [0.1, 0.15) is 17.4 Å². The van der Waals surface area contributed by atoms with Crippen LogP contribution in [0.2, 0.25) is 0 Å². The van der Waals surface area contributed by atoms with Crippen LogP contribution in [0, 0.1) is 18.6 Å². The Morgan fingerprint density at radius 3 is 2.54 bits per heavy atom. The Hall–Kier alpha value is -3.02. The van der Waals surface area contributed by atoms with Crippen molar-refractivity contribution in [3.63, 3.8) is 0 Å². The molecule has 1 heterocycles. The molecule has 0 aliphatic heterocycles. The number of pyridine rings is 1. The number of nitrogens with one attached hydrogen (secondary N) is 1. The van der Waals surface area contributed by atoms with Gasteiger partial charge in [-0.2, -0.15) is 0 Å². The van der Waals surface area contributed by atoms with Crippen molar-refractivity contribution >= 4 is 22.5 Å². The third-order valence-electron chi connectivity index (χ3n) is 3.56. The standard InChI is InChI=1S/C18H14F2N2O2/c1-10-7-14(13-5-3-11(19)8-16(13)21-10)18(23)22-15-6-4-12(20)9-17(15)24-2/h3-9H,1-2H3,(H,22,23). The second kappa shape index (κ2) is 6.23. The highest BCUT2D eigenvalue weighted by Gasteiger charge is 2.15. The average Bonchev–Trinajstić information content (AvgIpc) is 2.55. The number of methoxy groups -OCH3 is 1. The van der Waals surface area contributed by atoms with Gasteiger partial charge in [-0.05, 0) is 37.3 Å². The van der Waals surface area contributed by atoms with Crippen molar-refractivity contribution in [2.24, 2.45) is 0 Å². The molecule has 0 spiro atoms. The van der Waals surface area contributed by atoms with Gasteiger partial charge in [0.25, 0.3) is 5.91 Å². The number of anilines is 1. The van der Waals surface area contributed by atoms with Crippen molar-refractivity contribution in [1.29, 1.82) is 0 Å². The number of ether oxygens (including phenoxy) is 1. The first-order valence-corrected chi connectivity index (χ1v) is 7.20. The molecule has 0 saturated carbocycles. The third kappa shape index (κ3) is 3.03. The molecule has 0 aliphatic rings. The van der Waals surface area contributed by atoms with Crippen LogP contribution < -0.4 is 10.1 Å². The smallest absolute Gasteiger partial charge is 0.256 e. The van der Waals surface area contributed by atoms with Gasteiger partial charge in [0, 0.05) is 23.2 Å². The molecule has 4 nitrogen and oxygen atoms in total. The van der Waals surface area contributed by atoms with E-state index in [0.29, 0.717) is 27.8 Å². The number of hydrogen-bond donors (Lipinski definition) is 1. The van der Waals surface area contributed by atoms with Crippen LogP contribution in [0.1, 0.15) is 16.1 Å². The number of nitrogens with zero attached hydrogens (tertiary/aromatic N) is 1. The zero-order valence-corrected chi connectivity index (χ0v) is 13.1. The van der Waals surface area contributed by atoms with Crippen LogP contribution in [-0.4, -0.2) is 18.0 Å². The first-order valence-electron chi connectivity index (χ1n) is 7.20. The van der Waals surface area contributed by atoms with Crippen LogP contribution in [0.15, 0.2) is 42.5 Å². The fraction of sp³-hybridized carbons (Fsp3) is 0.111. The van der Waals surface area contributed by atoms with Crippen molar-refractivity contribution in [3.05, 3.63) is 65.4 Å². The number of hydrogen-bond acceptors (Lipinski definition) is 3. The Morgan fingerprint density at radius 1 is 1.08 bits per heavy atom. The summed E-state index contributed by atoms with van der Waals surface area (Å²) in [4.78, 5) is 16.9. The Bertz CT molecular complexity index is 936. The molecule has 0 unspecified atom stereocenters. The zero-order chi connectivity index (χ0) is 17.3. The van der Waals surface area contributed by atoms with Crippen molar-refractivity contribution in [2.45, 2.75) is 6.92 Å². The predicted molar refractivity (Wildman–Crippen MR) is 87.3 cm³/mol. The molecule has 24 heavy (non-hydrogen) atoms. The zero-order valence-electron chi connectivity index (χ0n) is 13.1. The molecule has 0 aliphatic carbocycles. The Morgan fingerprint density at radius 2 is 1.79 bits per heavy atom. The van der Waals surface area contributed by atoms with E-state index in [2.05, 4.69) is 10.3 Å². The van der Waals surface area contributed by atoms with Gasteiger partial charge in [-0.25, -0.2) is 8.78 Å². The van der Waals surface area contributed by atoms with E-state index < -0.39 is 17.5 Å². The maximum Gasteiger partial charge on any atom is 0.256 e. The van der Waals surface area contributed by atoms with Crippen molar-refractivity contribution in [2.75, 3.05) is 12.4 Å². The van der Waals surface area contributed by atoms with Gasteiger partial charge in [0.05, 0.1) is 23.9 Å². The van der Waals surface area contributed by atoms with E-state index in [4.69, 9.17) is 4.74 Å². The summed E-state index contributed by atoms with van der Waals surface area (Å²) in [7, 11) is 1.39. The molecule has 3 rings (SSSR count). The fourth-order valence-corrected chi connectivity index (χ4v) is 2.48. The fourth-order valence-electron chi connectivity index (χ4n) is 2.48. The van der Waals surface area contributed by atoms with E-state index >= 15 is 0 Å². The molecule has 0 radical (unpaired) electrons. The molecule has 0 fully saturated rings. The van der Waals surface area contributed by atoms with Crippen molar-refractivity contribution in [3.8, 4) is 5.75 Å². The number of carbonyl (C=O) groups is 1. The molecule has 6 heteroatoms. The molecular formula is C18H14F2N2O2. The molecule has 3 aromatic rings. The number of fused-ring (bicyclic) bond motifs is 1. The van der Waals surface area contributed by atoms with E-state index in [1.807, 2.05) is 0 Å². The Balaban J connectivity index is 2.03. The van der Waals surface area contributed by atoms with Gasteiger partial charge in [-0.1, -0.05) is 0 Å². The lowest BCUT2D eigenvalue weighted by Crippen LogP contribution is -2.14. The summed E-state index contributed by atoms with van der Waals surface area (Å²) in [5.41, 5.74) is 1.67. The summed E-state index contributed by atoms with van der Waals surface area (Å²) in [6.45, 7) is 1.72. The SMILES string of the molecule is COc1cc(F)ccc1NC(=O)c1cc(C)nc2cc(F)ccc12. The van der Waals surface area contributed by atoms with E-state index in [1.54, 1.807) is 13.0 Å². The van der Waals surface area contributed by atoms with Crippen LogP contribution in [0.25, 0.3) is 10.9 Å². The van der Waals surface area contributed by atoms with E-state index in [9.17, 15) is 13.6 Å². The van der Waals surface area contributed by atoms with Crippen molar-refractivity contribution in [1.82, 2.24) is 4.98 Å². The Labute approximate surface area is 137 Å². The molecular weight excluding hydrogens is 314 g/mol.